The summed E-state index contributed by atoms with van der Waals surface area (Å²) < 4.78 is 0. The van der Waals surface area contributed by atoms with Gasteiger partial charge in [-0.2, -0.15) is 0 Å². The van der Waals surface area contributed by atoms with E-state index in [9.17, 15) is 9.59 Å². The molecule has 0 bridgehead atoms. The van der Waals surface area contributed by atoms with Crippen LogP contribution in [0, 0.1) is 5.92 Å². The van der Waals surface area contributed by atoms with Crippen LogP contribution in [0.25, 0.3) is 0 Å². The number of allylic oxidation sites excluding steroid dienone is 2. The molecule has 0 N–H and O–H groups in total. The third kappa shape index (κ3) is 3.40. The van der Waals surface area contributed by atoms with Crippen molar-refractivity contribution >= 4 is 11.6 Å². The molecular formula is C17H20O2. The molecule has 0 radical (unpaired) electrons. The Morgan fingerprint density at radius 1 is 1.21 bits per heavy atom. The zero-order valence-electron chi connectivity index (χ0n) is 11.6. The van der Waals surface area contributed by atoms with Crippen LogP contribution in [0.15, 0.2) is 41.5 Å². The molecule has 1 aliphatic rings. The van der Waals surface area contributed by atoms with E-state index in [1.54, 1.807) is 6.92 Å². The second-order valence-electron chi connectivity index (χ2n) is 5.38. The van der Waals surface area contributed by atoms with Crippen LogP contribution in [0.3, 0.4) is 0 Å². The molecule has 100 valence electrons. The number of ketones is 2. The molecule has 0 fully saturated rings. The molecule has 1 aromatic carbocycles. The summed E-state index contributed by atoms with van der Waals surface area (Å²) in [7, 11) is 0. The molecule has 2 nitrogen and oxygen atoms in total. The number of rotatable bonds is 5. The lowest BCUT2D eigenvalue weighted by Crippen LogP contribution is -2.04. The van der Waals surface area contributed by atoms with Crippen LogP contribution < -0.4 is 0 Å². The van der Waals surface area contributed by atoms with Gasteiger partial charge < -0.3 is 4.79 Å². The molecule has 2 heteroatoms. The first kappa shape index (κ1) is 13.7. The van der Waals surface area contributed by atoms with Gasteiger partial charge in [0, 0.05) is 12.8 Å². The second kappa shape index (κ2) is 5.96. The van der Waals surface area contributed by atoms with E-state index < -0.39 is 0 Å². The Balaban J connectivity index is 2.04. The summed E-state index contributed by atoms with van der Waals surface area (Å²) in [5.41, 5.74) is 3.34. The summed E-state index contributed by atoms with van der Waals surface area (Å²) in [5, 5.41) is 0. The number of aryl methyl sites for hydroxylation is 1. The average Bonchev–Trinajstić information content (AvgIpc) is 2.63. The van der Waals surface area contributed by atoms with Gasteiger partial charge in [0.05, 0.1) is 0 Å². The number of carbonyl (C=O) groups excluding carboxylic acids is 2. The SMILES string of the molecule is CC(=O)CC1CC(=O)C(CCc2ccccc2)=C1C. The summed E-state index contributed by atoms with van der Waals surface area (Å²) in [5.74, 6) is 0.553. The fourth-order valence-corrected chi connectivity index (χ4v) is 2.79. The number of benzene rings is 1. The maximum absolute atomic E-state index is 12.0. The van der Waals surface area contributed by atoms with Gasteiger partial charge in [-0.15, -0.1) is 0 Å². The maximum Gasteiger partial charge on any atom is 0.159 e. The Kier molecular flexibility index (Phi) is 4.31. The number of hydrogen-bond donors (Lipinski definition) is 0. The molecule has 0 amide bonds. The number of hydrogen-bond acceptors (Lipinski definition) is 2. The van der Waals surface area contributed by atoms with Crippen molar-refractivity contribution in [2.45, 2.75) is 39.5 Å². The summed E-state index contributed by atoms with van der Waals surface area (Å²) in [6.07, 6.45) is 2.72. The van der Waals surface area contributed by atoms with Crippen LogP contribution in [0.5, 0.6) is 0 Å². The Morgan fingerprint density at radius 2 is 1.89 bits per heavy atom. The van der Waals surface area contributed by atoms with Gasteiger partial charge in [-0.3, -0.25) is 4.79 Å². The molecule has 1 atom stereocenters. The zero-order valence-corrected chi connectivity index (χ0v) is 11.6. The predicted octanol–water partition coefficient (Wildman–Crippen LogP) is 3.50. The van der Waals surface area contributed by atoms with E-state index in [0.29, 0.717) is 12.8 Å². The van der Waals surface area contributed by atoms with Crippen molar-refractivity contribution in [1.82, 2.24) is 0 Å². The van der Waals surface area contributed by atoms with Crippen molar-refractivity contribution in [1.29, 1.82) is 0 Å². The molecule has 0 heterocycles. The van der Waals surface area contributed by atoms with Crippen LogP contribution in [0.2, 0.25) is 0 Å². The van der Waals surface area contributed by atoms with Gasteiger partial charge in [0.1, 0.15) is 5.78 Å². The molecule has 0 spiro atoms. The van der Waals surface area contributed by atoms with Crippen molar-refractivity contribution in [3.63, 3.8) is 0 Å². The van der Waals surface area contributed by atoms with Crippen LogP contribution in [0.1, 0.15) is 38.7 Å². The lowest BCUT2D eigenvalue weighted by molar-refractivity contribution is -0.118. The smallest absolute Gasteiger partial charge is 0.159 e. The van der Waals surface area contributed by atoms with Gasteiger partial charge in [0.2, 0.25) is 0 Å². The predicted molar refractivity (Wildman–Crippen MR) is 75.9 cm³/mol. The van der Waals surface area contributed by atoms with Crippen molar-refractivity contribution in [3.05, 3.63) is 47.0 Å². The van der Waals surface area contributed by atoms with E-state index in [1.807, 2.05) is 25.1 Å². The lowest BCUT2D eigenvalue weighted by atomic mass is 9.95. The molecular weight excluding hydrogens is 236 g/mol. The largest absolute Gasteiger partial charge is 0.300 e. The summed E-state index contributed by atoms with van der Waals surface area (Å²) in [4.78, 5) is 23.2. The Hall–Kier alpha value is -1.70. The van der Waals surface area contributed by atoms with Crippen LogP contribution in [0.4, 0.5) is 0 Å². The quantitative estimate of drug-likeness (QED) is 0.808. The molecule has 1 aliphatic carbocycles. The van der Waals surface area contributed by atoms with E-state index >= 15 is 0 Å². The van der Waals surface area contributed by atoms with E-state index in [4.69, 9.17) is 0 Å². The first-order valence-corrected chi connectivity index (χ1v) is 6.84. The Bertz CT molecular complexity index is 511. The molecule has 0 aliphatic heterocycles. The van der Waals surface area contributed by atoms with Gasteiger partial charge in [-0.05, 0) is 43.7 Å². The highest BCUT2D eigenvalue weighted by Crippen LogP contribution is 2.33. The highest BCUT2D eigenvalue weighted by molar-refractivity contribution is 5.99. The lowest BCUT2D eigenvalue weighted by Gasteiger charge is -2.08. The summed E-state index contributed by atoms with van der Waals surface area (Å²) in [6.45, 7) is 3.61. The summed E-state index contributed by atoms with van der Waals surface area (Å²) in [6, 6.07) is 10.2. The number of carbonyl (C=O) groups is 2. The van der Waals surface area contributed by atoms with E-state index in [0.717, 1.165) is 24.0 Å². The van der Waals surface area contributed by atoms with Crippen LogP contribution >= 0.6 is 0 Å². The molecule has 2 rings (SSSR count). The third-order valence-electron chi connectivity index (χ3n) is 3.90. The second-order valence-corrected chi connectivity index (χ2v) is 5.38. The van der Waals surface area contributed by atoms with Crippen molar-refractivity contribution in [2.24, 2.45) is 5.92 Å². The van der Waals surface area contributed by atoms with Crippen molar-refractivity contribution in [2.75, 3.05) is 0 Å². The average molecular weight is 256 g/mol. The highest BCUT2D eigenvalue weighted by atomic mass is 16.1. The minimum atomic E-state index is 0.149. The normalized spacial score (nSPS) is 19.1. The third-order valence-corrected chi connectivity index (χ3v) is 3.90. The van der Waals surface area contributed by atoms with Gasteiger partial charge in [-0.1, -0.05) is 35.9 Å². The van der Waals surface area contributed by atoms with E-state index in [-0.39, 0.29) is 17.5 Å². The first-order valence-electron chi connectivity index (χ1n) is 6.84. The van der Waals surface area contributed by atoms with E-state index in [2.05, 4.69) is 12.1 Å². The topological polar surface area (TPSA) is 34.1 Å². The highest BCUT2D eigenvalue weighted by Gasteiger charge is 2.29. The molecule has 0 saturated carbocycles. The molecule has 0 aromatic heterocycles. The van der Waals surface area contributed by atoms with Gasteiger partial charge in [0.15, 0.2) is 5.78 Å². The minimum absolute atomic E-state index is 0.149. The Morgan fingerprint density at radius 3 is 2.53 bits per heavy atom. The molecule has 19 heavy (non-hydrogen) atoms. The van der Waals surface area contributed by atoms with Crippen LogP contribution in [-0.2, 0) is 16.0 Å². The van der Waals surface area contributed by atoms with Crippen LogP contribution in [-0.4, -0.2) is 11.6 Å². The van der Waals surface area contributed by atoms with Gasteiger partial charge >= 0.3 is 0 Å². The standard InChI is InChI=1S/C17H20O2/c1-12(18)10-15-11-17(19)16(13(15)2)9-8-14-6-4-3-5-7-14/h3-7,15H,8-11H2,1-2H3. The van der Waals surface area contributed by atoms with Gasteiger partial charge in [0.25, 0.3) is 0 Å². The first-order chi connectivity index (χ1) is 9.08. The molecule has 1 unspecified atom stereocenters. The fourth-order valence-electron chi connectivity index (χ4n) is 2.79. The van der Waals surface area contributed by atoms with Gasteiger partial charge in [-0.25, -0.2) is 0 Å². The van der Waals surface area contributed by atoms with Crippen molar-refractivity contribution in [3.8, 4) is 0 Å². The fraction of sp³-hybridized carbons (Fsp3) is 0.412. The van der Waals surface area contributed by atoms with Crippen molar-refractivity contribution < 1.29 is 9.59 Å². The zero-order chi connectivity index (χ0) is 13.8. The molecule has 1 aromatic rings. The number of Topliss-reactive ketones (excluding diaryl/α,β-unsaturated/α-hetero) is 2. The maximum atomic E-state index is 12.0. The van der Waals surface area contributed by atoms with E-state index in [1.165, 1.54) is 5.56 Å². The minimum Gasteiger partial charge on any atom is -0.300 e. The molecule has 0 saturated heterocycles. The summed E-state index contributed by atoms with van der Waals surface area (Å²) >= 11 is 0. The monoisotopic (exact) mass is 256 g/mol. The Labute approximate surface area is 114 Å².